The van der Waals surface area contributed by atoms with Crippen molar-refractivity contribution in [1.82, 2.24) is 4.98 Å². The summed E-state index contributed by atoms with van der Waals surface area (Å²) in [5.41, 5.74) is 0.147. The predicted octanol–water partition coefficient (Wildman–Crippen LogP) is 2.33. The van der Waals surface area contributed by atoms with Crippen LogP contribution in [0.25, 0.3) is 0 Å². The molecule has 2 rings (SSSR count). The monoisotopic (exact) mass is 380 g/mol. The molecule has 0 aliphatic carbocycles. The van der Waals surface area contributed by atoms with Crippen molar-refractivity contribution in [3.05, 3.63) is 36.4 Å². The van der Waals surface area contributed by atoms with Crippen molar-refractivity contribution in [1.29, 1.82) is 0 Å². The van der Waals surface area contributed by atoms with Crippen LogP contribution in [0, 0.1) is 0 Å². The second-order valence-corrected chi connectivity index (χ2v) is 5.60. The number of anilines is 2. The quantitative estimate of drug-likeness (QED) is 0.733. The maximum atomic E-state index is 12.4. The summed E-state index contributed by atoms with van der Waals surface area (Å²) in [4.78, 5) is 16.5. The van der Waals surface area contributed by atoms with Gasteiger partial charge in [-0.1, -0.05) is 0 Å². The number of hydrogen-bond donors (Lipinski definition) is 1. The first kappa shape index (κ1) is 19.5. The zero-order valence-electron chi connectivity index (χ0n) is 14.4. The van der Waals surface area contributed by atoms with Crippen LogP contribution in [-0.2, 0) is 11.3 Å². The molecule has 1 heterocycles. The molecule has 0 bridgehead atoms. The molecule has 0 aliphatic rings. The third-order valence-corrected chi connectivity index (χ3v) is 3.85. The number of pyridine rings is 1. The molecule has 26 heavy (non-hydrogen) atoms. The first-order valence-electron chi connectivity index (χ1n) is 7.52. The summed E-state index contributed by atoms with van der Waals surface area (Å²) in [5.74, 6) is 1.23. The van der Waals surface area contributed by atoms with E-state index < -0.39 is 17.3 Å². The maximum absolute atomic E-state index is 12.4. The minimum atomic E-state index is -2.84. The molecule has 1 aromatic carbocycles. The fraction of sp³-hybridized carbons (Fsp3) is 0.250. The number of aromatic nitrogens is 1. The van der Waals surface area contributed by atoms with Crippen LogP contribution in [0.3, 0.4) is 0 Å². The highest BCUT2D eigenvalue weighted by Gasteiger charge is 2.18. The number of nitrogens with zero attached hydrogens (tertiary/aromatic N) is 2. The van der Waals surface area contributed by atoms with E-state index in [0.29, 0.717) is 22.4 Å². The number of amides is 2. The Labute approximate surface area is 153 Å². The average Bonchev–Trinajstić information content (AvgIpc) is 2.62. The standard InChI is InChI=1S/C16H19N3O6S/c1-4-25-12-7-5-11(6-8-12)19(26(21)22)16(20)18-14-9-13(23-2)10-15(17-14)24-3/h5-10H,4H2,1-3H3,(H,21,22)(H,17,18,20)/p-1. The lowest BCUT2D eigenvalue weighted by molar-refractivity contribution is 0.259. The molecule has 0 spiro atoms. The van der Waals surface area contributed by atoms with Gasteiger partial charge in [-0.05, 0) is 31.2 Å². The Balaban J connectivity index is 2.25. The fourth-order valence-corrected chi connectivity index (χ4v) is 2.52. The first-order valence-corrected chi connectivity index (χ1v) is 8.55. The molecule has 2 aromatic rings. The molecule has 1 atom stereocenters. The Hall–Kier alpha value is -2.85. The van der Waals surface area contributed by atoms with E-state index in [1.165, 1.54) is 38.5 Å². The van der Waals surface area contributed by atoms with E-state index >= 15 is 0 Å². The van der Waals surface area contributed by atoms with E-state index in [-0.39, 0.29) is 17.4 Å². The number of benzene rings is 1. The average molecular weight is 380 g/mol. The lowest BCUT2D eigenvalue weighted by Gasteiger charge is -2.24. The minimum Gasteiger partial charge on any atom is -0.755 e. The summed E-state index contributed by atoms with van der Waals surface area (Å²) in [7, 11) is 2.85. The van der Waals surface area contributed by atoms with Gasteiger partial charge in [0.1, 0.15) is 17.3 Å². The van der Waals surface area contributed by atoms with E-state index in [1.54, 1.807) is 12.1 Å². The Kier molecular flexibility index (Phi) is 6.75. The van der Waals surface area contributed by atoms with Crippen LogP contribution in [0.5, 0.6) is 17.4 Å². The largest absolute Gasteiger partial charge is 0.755 e. The molecule has 2 amide bonds. The van der Waals surface area contributed by atoms with Gasteiger partial charge >= 0.3 is 6.03 Å². The van der Waals surface area contributed by atoms with E-state index in [9.17, 15) is 13.6 Å². The van der Waals surface area contributed by atoms with Gasteiger partial charge in [0, 0.05) is 12.1 Å². The van der Waals surface area contributed by atoms with Crippen LogP contribution < -0.4 is 23.8 Å². The summed E-state index contributed by atoms with van der Waals surface area (Å²) in [5, 5.41) is 2.40. The number of carbonyl (C=O) groups excluding carboxylic acids is 1. The maximum Gasteiger partial charge on any atom is 0.338 e. The van der Waals surface area contributed by atoms with Gasteiger partial charge in [-0.2, -0.15) is 4.98 Å². The van der Waals surface area contributed by atoms with Crippen molar-refractivity contribution >= 4 is 28.8 Å². The number of ether oxygens (including phenoxy) is 3. The molecule has 140 valence electrons. The third-order valence-electron chi connectivity index (χ3n) is 3.17. The van der Waals surface area contributed by atoms with Crippen LogP contribution in [-0.4, -0.2) is 40.6 Å². The van der Waals surface area contributed by atoms with E-state index in [2.05, 4.69) is 10.3 Å². The zero-order valence-corrected chi connectivity index (χ0v) is 15.2. The van der Waals surface area contributed by atoms with Gasteiger partial charge in [0.05, 0.1) is 37.8 Å². The van der Waals surface area contributed by atoms with Crippen molar-refractivity contribution in [3.63, 3.8) is 0 Å². The molecule has 0 saturated carbocycles. The van der Waals surface area contributed by atoms with Gasteiger partial charge in [0.2, 0.25) is 5.88 Å². The molecule has 0 fully saturated rings. The molecule has 1 aromatic heterocycles. The van der Waals surface area contributed by atoms with Crippen LogP contribution in [0.1, 0.15) is 6.92 Å². The molecule has 0 radical (unpaired) electrons. The van der Waals surface area contributed by atoms with E-state index in [0.717, 1.165) is 0 Å². The van der Waals surface area contributed by atoms with Gasteiger partial charge in [-0.3, -0.25) is 9.53 Å². The number of methoxy groups -OCH3 is 2. The highest BCUT2D eigenvalue weighted by atomic mass is 32.2. The molecular weight excluding hydrogens is 362 g/mol. The summed E-state index contributed by atoms with van der Waals surface area (Å²) < 4.78 is 39.1. The highest BCUT2D eigenvalue weighted by Crippen LogP contribution is 2.24. The topological polar surface area (TPSA) is 113 Å². The normalized spacial score (nSPS) is 11.4. The minimum absolute atomic E-state index is 0.0765. The second-order valence-electron chi connectivity index (χ2n) is 4.80. The van der Waals surface area contributed by atoms with Crippen LogP contribution in [0.2, 0.25) is 0 Å². The lowest BCUT2D eigenvalue weighted by Crippen LogP contribution is -2.36. The van der Waals surface area contributed by atoms with Crippen molar-refractivity contribution < 1.29 is 27.8 Å². The molecule has 0 saturated heterocycles. The van der Waals surface area contributed by atoms with Crippen LogP contribution in [0.4, 0.5) is 16.3 Å². The van der Waals surface area contributed by atoms with Crippen molar-refractivity contribution in [2.75, 3.05) is 30.4 Å². The first-order chi connectivity index (χ1) is 12.5. The van der Waals surface area contributed by atoms with Gasteiger partial charge in [-0.25, -0.2) is 9.10 Å². The lowest BCUT2D eigenvalue weighted by atomic mass is 10.3. The van der Waals surface area contributed by atoms with Crippen LogP contribution in [0.15, 0.2) is 36.4 Å². The van der Waals surface area contributed by atoms with Gasteiger partial charge in [-0.15, -0.1) is 0 Å². The zero-order chi connectivity index (χ0) is 19.1. The summed E-state index contributed by atoms with van der Waals surface area (Å²) in [6.45, 7) is 2.30. The second kappa shape index (κ2) is 9.02. The molecule has 1 N–H and O–H groups in total. The smallest absolute Gasteiger partial charge is 0.338 e. The fourth-order valence-electron chi connectivity index (χ4n) is 2.04. The van der Waals surface area contributed by atoms with Gasteiger partial charge in [0.25, 0.3) is 0 Å². The Morgan fingerprint density at radius 1 is 1.19 bits per heavy atom. The van der Waals surface area contributed by atoms with E-state index in [4.69, 9.17) is 14.2 Å². The molecular formula is C16H18N3O6S-. The Morgan fingerprint density at radius 2 is 1.88 bits per heavy atom. The summed E-state index contributed by atoms with van der Waals surface area (Å²) in [6, 6.07) is 8.10. The van der Waals surface area contributed by atoms with Crippen molar-refractivity contribution in [2.24, 2.45) is 0 Å². The van der Waals surface area contributed by atoms with Crippen molar-refractivity contribution in [3.8, 4) is 17.4 Å². The molecule has 9 nitrogen and oxygen atoms in total. The Bertz CT molecular complexity index is 762. The molecule has 1 unspecified atom stereocenters. The molecule has 10 heteroatoms. The number of hydrogen-bond acceptors (Lipinski definition) is 7. The molecule has 0 aliphatic heterocycles. The number of urea groups is 1. The number of rotatable bonds is 7. The van der Waals surface area contributed by atoms with Gasteiger partial charge in [0.15, 0.2) is 0 Å². The van der Waals surface area contributed by atoms with E-state index in [1.807, 2.05) is 6.92 Å². The Morgan fingerprint density at radius 3 is 2.42 bits per heavy atom. The summed E-state index contributed by atoms with van der Waals surface area (Å²) in [6.07, 6.45) is 0. The van der Waals surface area contributed by atoms with Crippen molar-refractivity contribution in [2.45, 2.75) is 6.92 Å². The highest BCUT2D eigenvalue weighted by molar-refractivity contribution is 7.81. The third kappa shape index (κ3) is 4.83. The van der Waals surface area contributed by atoms with Crippen LogP contribution >= 0.6 is 0 Å². The number of nitrogens with one attached hydrogen (secondary N) is 1. The number of carbonyl (C=O) groups is 1. The van der Waals surface area contributed by atoms with Gasteiger partial charge < -0.3 is 18.8 Å². The summed E-state index contributed by atoms with van der Waals surface area (Å²) >= 11 is -2.84. The SMILES string of the molecule is CCOc1ccc(N(C(=O)Nc2cc(OC)cc(OC)n2)S(=O)[O-])cc1. The predicted molar refractivity (Wildman–Crippen MR) is 95.4 cm³/mol.